The van der Waals surface area contributed by atoms with Crippen molar-refractivity contribution >= 4 is 26.0 Å². The number of nitrogens with one attached hydrogen (secondary N) is 1. The predicted octanol–water partition coefficient (Wildman–Crippen LogP) is 1.56. The Morgan fingerprint density at radius 2 is 2.06 bits per heavy atom. The van der Waals surface area contributed by atoms with Gasteiger partial charge in [-0.25, -0.2) is 13.1 Å². The van der Waals surface area contributed by atoms with Crippen molar-refractivity contribution in [1.82, 2.24) is 4.72 Å². The summed E-state index contributed by atoms with van der Waals surface area (Å²) in [6.07, 6.45) is 0.623. The van der Waals surface area contributed by atoms with Gasteiger partial charge < -0.3 is 5.11 Å². The molecule has 0 aromatic heterocycles. The Balaban J connectivity index is 2.17. The third kappa shape index (κ3) is 2.88. The molecule has 1 fully saturated rings. The van der Waals surface area contributed by atoms with Crippen molar-refractivity contribution < 1.29 is 13.5 Å². The standard InChI is InChI=1S/C11H14BrNO3S/c1-7-4-10(2-3-11(7)12)17(15,16)13-8-5-9(14)6-8/h2-4,8-9,13-14H,5-6H2,1H3/t8-,9+. The van der Waals surface area contributed by atoms with Gasteiger partial charge in [0.25, 0.3) is 0 Å². The molecule has 17 heavy (non-hydrogen) atoms. The van der Waals surface area contributed by atoms with Crippen LogP contribution in [0, 0.1) is 6.92 Å². The molecule has 0 saturated heterocycles. The number of benzene rings is 1. The normalized spacial score (nSPS) is 24.4. The van der Waals surface area contributed by atoms with Crippen molar-refractivity contribution in [2.75, 3.05) is 0 Å². The van der Waals surface area contributed by atoms with E-state index in [1.807, 2.05) is 6.92 Å². The second-order valence-corrected chi connectivity index (χ2v) is 6.92. The number of aryl methyl sites for hydroxylation is 1. The van der Waals surface area contributed by atoms with E-state index in [1.54, 1.807) is 18.2 Å². The molecule has 2 N–H and O–H groups in total. The number of halogens is 1. The predicted molar refractivity (Wildman–Crippen MR) is 68.2 cm³/mol. The van der Waals surface area contributed by atoms with Gasteiger partial charge in [-0.15, -0.1) is 0 Å². The molecule has 1 aromatic rings. The van der Waals surface area contributed by atoms with Gasteiger partial charge in [-0.05, 0) is 43.5 Å². The molecule has 1 saturated carbocycles. The van der Waals surface area contributed by atoms with Crippen LogP contribution in [-0.4, -0.2) is 25.7 Å². The fourth-order valence-corrected chi connectivity index (χ4v) is 3.35. The first-order valence-corrected chi connectivity index (χ1v) is 7.62. The topological polar surface area (TPSA) is 66.4 Å². The minimum Gasteiger partial charge on any atom is -0.393 e. The summed E-state index contributed by atoms with van der Waals surface area (Å²) in [5.74, 6) is 0. The highest BCUT2D eigenvalue weighted by Gasteiger charge is 2.31. The van der Waals surface area contributed by atoms with Crippen LogP contribution in [0.4, 0.5) is 0 Å². The molecule has 0 radical (unpaired) electrons. The Labute approximate surface area is 109 Å². The lowest BCUT2D eigenvalue weighted by atomic mass is 9.91. The van der Waals surface area contributed by atoms with Crippen LogP contribution in [0.3, 0.4) is 0 Å². The van der Waals surface area contributed by atoms with Gasteiger partial charge in [0.2, 0.25) is 10.0 Å². The fourth-order valence-electron chi connectivity index (χ4n) is 1.76. The van der Waals surface area contributed by atoms with Gasteiger partial charge >= 0.3 is 0 Å². The molecular formula is C11H14BrNO3S. The summed E-state index contributed by atoms with van der Waals surface area (Å²) in [5.41, 5.74) is 0.876. The zero-order valence-electron chi connectivity index (χ0n) is 9.35. The first-order valence-electron chi connectivity index (χ1n) is 5.35. The lowest BCUT2D eigenvalue weighted by molar-refractivity contribution is 0.0712. The minimum absolute atomic E-state index is 0.140. The van der Waals surface area contributed by atoms with Gasteiger partial charge in [-0.1, -0.05) is 15.9 Å². The lowest BCUT2D eigenvalue weighted by Crippen LogP contribution is -2.46. The molecule has 0 unspecified atom stereocenters. The van der Waals surface area contributed by atoms with Crippen molar-refractivity contribution in [2.24, 2.45) is 0 Å². The molecule has 1 aromatic carbocycles. The van der Waals surface area contributed by atoms with Gasteiger partial charge in [0.15, 0.2) is 0 Å². The number of rotatable bonds is 3. The summed E-state index contributed by atoms with van der Waals surface area (Å²) >= 11 is 3.33. The minimum atomic E-state index is -3.46. The molecule has 4 nitrogen and oxygen atoms in total. The molecule has 6 heteroatoms. The van der Waals surface area contributed by atoms with E-state index in [2.05, 4.69) is 20.7 Å². The van der Waals surface area contributed by atoms with Crippen molar-refractivity contribution in [2.45, 2.75) is 36.8 Å². The summed E-state index contributed by atoms with van der Waals surface area (Å²) in [6.45, 7) is 1.84. The molecular weight excluding hydrogens is 306 g/mol. The van der Waals surface area contributed by atoms with Crippen molar-refractivity contribution in [3.8, 4) is 0 Å². The van der Waals surface area contributed by atoms with E-state index in [-0.39, 0.29) is 17.0 Å². The van der Waals surface area contributed by atoms with Crippen molar-refractivity contribution in [3.05, 3.63) is 28.2 Å². The second-order valence-electron chi connectivity index (χ2n) is 4.35. The van der Waals surface area contributed by atoms with Crippen LogP contribution in [-0.2, 0) is 10.0 Å². The number of sulfonamides is 1. The highest BCUT2D eigenvalue weighted by molar-refractivity contribution is 9.10. The molecule has 1 aliphatic carbocycles. The Hall–Kier alpha value is -0.430. The Bertz CT molecular complexity index is 524. The SMILES string of the molecule is Cc1cc(S(=O)(=O)N[C@H]2C[C@@H](O)C2)ccc1Br. The summed E-state index contributed by atoms with van der Waals surface area (Å²) in [6, 6.07) is 4.77. The van der Waals surface area contributed by atoms with Gasteiger partial charge in [0, 0.05) is 10.5 Å². The zero-order valence-corrected chi connectivity index (χ0v) is 11.8. The molecule has 1 aliphatic rings. The van der Waals surface area contributed by atoms with Crippen molar-refractivity contribution in [1.29, 1.82) is 0 Å². The molecule has 0 atom stereocenters. The van der Waals surface area contributed by atoms with Crippen molar-refractivity contribution in [3.63, 3.8) is 0 Å². The Morgan fingerprint density at radius 1 is 1.41 bits per heavy atom. The van der Waals surface area contributed by atoms with E-state index >= 15 is 0 Å². The monoisotopic (exact) mass is 319 g/mol. The third-order valence-corrected chi connectivity index (χ3v) is 5.28. The average Bonchev–Trinajstić information content (AvgIpc) is 2.19. The molecule has 2 rings (SSSR count). The Morgan fingerprint density at radius 3 is 2.59 bits per heavy atom. The molecule has 0 heterocycles. The maximum absolute atomic E-state index is 12.0. The molecule has 0 bridgehead atoms. The quantitative estimate of drug-likeness (QED) is 0.888. The largest absolute Gasteiger partial charge is 0.393 e. The highest BCUT2D eigenvalue weighted by atomic mass is 79.9. The van der Waals surface area contributed by atoms with Crippen LogP contribution in [0.2, 0.25) is 0 Å². The van der Waals surface area contributed by atoms with Crippen LogP contribution in [0.15, 0.2) is 27.6 Å². The maximum Gasteiger partial charge on any atom is 0.240 e. The van der Waals surface area contributed by atoms with Crippen LogP contribution < -0.4 is 4.72 Å². The van der Waals surface area contributed by atoms with Gasteiger partial charge in [-0.3, -0.25) is 0 Å². The van der Waals surface area contributed by atoms with Gasteiger partial charge in [-0.2, -0.15) is 0 Å². The summed E-state index contributed by atoms with van der Waals surface area (Å²) in [7, 11) is -3.46. The van der Waals surface area contributed by atoms with Crippen LogP contribution >= 0.6 is 15.9 Å². The summed E-state index contributed by atoms with van der Waals surface area (Å²) in [4.78, 5) is 0.264. The van der Waals surface area contributed by atoms with Crippen LogP contribution in [0.1, 0.15) is 18.4 Å². The smallest absolute Gasteiger partial charge is 0.240 e. The average molecular weight is 320 g/mol. The van der Waals surface area contributed by atoms with Crippen LogP contribution in [0.5, 0.6) is 0 Å². The molecule has 0 spiro atoms. The Kier molecular flexibility index (Phi) is 3.58. The first-order chi connectivity index (χ1) is 7.88. The van der Waals surface area contributed by atoms with E-state index in [4.69, 9.17) is 5.11 Å². The van der Waals surface area contributed by atoms with E-state index in [0.717, 1.165) is 10.0 Å². The number of aliphatic hydroxyl groups excluding tert-OH is 1. The zero-order chi connectivity index (χ0) is 12.6. The maximum atomic E-state index is 12.0. The highest BCUT2D eigenvalue weighted by Crippen LogP contribution is 2.24. The number of hydrogen-bond acceptors (Lipinski definition) is 3. The molecule has 94 valence electrons. The van der Waals surface area contributed by atoms with Gasteiger partial charge in [0.1, 0.15) is 0 Å². The summed E-state index contributed by atoms with van der Waals surface area (Å²) in [5, 5.41) is 9.13. The first kappa shape index (κ1) is 13.0. The lowest BCUT2D eigenvalue weighted by Gasteiger charge is -2.31. The van der Waals surface area contributed by atoms with E-state index < -0.39 is 10.0 Å². The number of aliphatic hydroxyl groups is 1. The van der Waals surface area contributed by atoms with E-state index in [0.29, 0.717) is 12.8 Å². The fraction of sp³-hybridized carbons (Fsp3) is 0.455. The molecule has 0 aliphatic heterocycles. The van der Waals surface area contributed by atoms with E-state index in [1.165, 1.54) is 0 Å². The third-order valence-electron chi connectivity index (χ3n) is 2.87. The van der Waals surface area contributed by atoms with E-state index in [9.17, 15) is 8.42 Å². The number of hydrogen-bond donors (Lipinski definition) is 2. The molecule has 0 amide bonds. The van der Waals surface area contributed by atoms with Gasteiger partial charge in [0.05, 0.1) is 11.0 Å². The summed E-state index contributed by atoms with van der Waals surface area (Å²) < 4.78 is 27.5. The van der Waals surface area contributed by atoms with Crippen LogP contribution in [0.25, 0.3) is 0 Å². The second kappa shape index (κ2) is 4.68.